The molecule has 2 heterocycles. The highest BCUT2D eigenvalue weighted by Crippen LogP contribution is 2.25. The number of anilines is 2. The molecule has 0 aliphatic rings. The van der Waals surface area contributed by atoms with Gasteiger partial charge in [0.15, 0.2) is 5.82 Å². The largest absolute Gasteiger partial charge is 0.338 e. The number of aromatic amines is 1. The lowest BCUT2D eigenvalue weighted by molar-refractivity contribution is 1.12. The molecule has 0 atom stereocenters. The Balaban J connectivity index is 1.76. The van der Waals surface area contributed by atoms with Crippen LogP contribution in [0.25, 0.3) is 21.8 Å². The summed E-state index contributed by atoms with van der Waals surface area (Å²) in [5, 5.41) is 12.9. The summed E-state index contributed by atoms with van der Waals surface area (Å²) >= 11 is 0. The molecule has 2 N–H and O–H groups in total. The molecule has 0 bridgehead atoms. The molecule has 2 aromatic carbocycles. The normalized spacial score (nSPS) is 11.0. The maximum absolute atomic E-state index is 4.32. The molecule has 0 amide bonds. The number of rotatable bonds is 2. The molecule has 2 aromatic heterocycles. The Kier molecular flexibility index (Phi) is 2.39. The fourth-order valence-electron chi connectivity index (χ4n) is 2.35. The van der Waals surface area contributed by atoms with Crippen molar-refractivity contribution in [2.45, 2.75) is 0 Å². The number of nitrogens with zero attached hydrogens (tertiary/aromatic N) is 2. The molecule has 4 aromatic rings. The van der Waals surface area contributed by atoms with Crippen LogP contribution in [0.1, 0.15) is 0 Å². The van der Waals surface area contributed by atoms with Crippen LogP contribution < -0.4 is 5.32 Å². The van der Waals surface area contributed by atoms with Crippen LogP contribution in [0.4, 0.5) is 11.5 Å². The van der Waals surface area contributed by atoms with Gasteiger partial charge in [-0.15, -0.1) is 0 Å². The Hall–Kier alpha value is -2.88. The molecule has 0 unspecified atom stereocenters. The zero-order chi connectivity index (χ0) is 13.4. The van der Waals surface area contributed by atoms with Gasteiger partial charge in [0.1, 0.15) is 0 Å². The van der Waals surface area contributed by atoms with Crippen molar-refractivity contribution in [1.82, 2.24) is 15.2 Å². The molecule has 0 radical (unpaired) electrons. The van der Waals surface area contributed by atoms with E-state index in [1.807, 2.05) is 42.5 Å². The van der Waals surface area contributed by atoms with Crippen molar-refractivity contribution in [2.24, 2.45) is 0 Å². The molecular weight excluding hydrogens is 248 g/mol. The number of hydrogen-bond donors (Lipinski definition) is 2. The Labute approximate surface area is 115 Å². The lowest BCUT2D eigenvalue weighted by Crippen LogP contribution is -1.91. The maximum Gasteiger partial charge on any atom is 0.160 e. The smallest absolute Gasteiger partial charge is 0.160 e. The van der Waals surface area contributed by atoms with Crippen LogP contribution in [0.15, 0.2) is 60.8 Å². The number of benzene rings is 2. The van der Waals surface area contributed by atoms with E-state index in [1.54, 1.807) is 6.20 Å². The zero-order valence-electron chi connectivity index (χ0n) is 10.7. The van der Waals surface area contributed by atoms with Gasteiger partial charge < -0.3 is 5.32 Å². The molecular formula is C16H12N4. The summed E-state index contributed by atoms with van der Waals surface area (Å²) in [6.07, 6.45) is 1.80. The first-order valence-electron chi connectivity index (χ1n) is 6.45. The van der Waals surface area contributed by atoms with Crippen molar-refractivity contribution in [3.05, 3.63) is 60.8 Å². The quantitative estimate of drug-likeness (QED) is 0.575. The molecule has 4 nitrogen and oxygen atoms in total. The topological polar surface area (TPSA) is 53.6 Å². The van der Waals surface area contributed by atoms with Crippen molar-refractivity contribution in [2.75, 3.05) is 5.32 Å². The number of hydrogen-bond acceptors (Lipinski definition) is 3. The third-order valence-electron chi connectivity index (χ3n) is 3.34. The molecule has 0 saturated heterocycles. The van der Waals surface area contributed by atoms with Crippen molar-refractivity contribution in [3.8, 4) is 0 Å². The van der Waals surface area contributed by atoms with Crippen LogP contribution in [0.5, 0.6) is 0 Å². The van der Waals surface area contributed by atoms with Crippen LogP contribution in [0.2, 0.25) is 0 Å². The van der Waals surface area contributed by atoms with E-state index in [0.29, 0.717) is 0 Å². The van der Waals surface area contributed by atoms with E-state index >= 15 is 0 Å². The van der Waals surface area contributed by atoms with Crippen molar-refractivity contribution in [1.29, 1.82) is 0 Å². The predicted molar refractivity (Wildman–Crippen MR) is 81.1 cm³/mol. The fourth-order valence-corrected chi connectivity index (χ4v) is 2.35. The minimum absolute atomic E-state index is 0.837. The Bertz CT molecular complexity index is 895. The fraction of sp³-hybridized carbons (Fsp3) is 0. The highest BCUT2D eigenvalue weighted by Gasteiger charge is 2.05. The maximum atomic E-state index is 4.32. The summed E-state index contributed by atoms with van der Waals surface area (Å²) in [5.74, 6) is 0.837. The Morgan fingerprint density at radius 3 is 2.90 bits per heavy atom. The van der Waals surface area contributed by atoms with Crippen molar-refractivity contribution in [3.63, 3.8) is 0 Å². The second-order valence-corrected chi connectivity index (χ2v) is 4.65. The minimum Gasteiger partial charge on any atom is -0.338 e. The van der Waals surface area contributed by atoms with Gasteiger partial charge in [-0.3, -0.25) is 10.1 Å². The molecule has 0 saturated carbocycles. The molecule has 0 spiro atoms. The number of pyridine rings is 1. The molecule has 20 heavy (non-hydrogen) atoms. The van der Waals surface area contributed by atoms with Gasteiger partial charge in [0, 0.05) is 22.7 Å². The zero-order valence-corrected chi connectivity index (χ0v) is 10.7. The van der Waals surface area contributed by atoms with Gasteiger partial charge in [-0.05, 0) is 36.4 Å². The molecule has 96 valence electrons. The number of fused-ring (bicyclic) bond motifs is 2. The minimum atomic E-state index is 0.837. The third-order valence-corrected chi connectivity index (χ3v) is 3.34. The average molecular weight is 260 g/mol. The summed E-state index contributed by atoms with van der Waals surface area (Å²) in [7, 11) is 0. The standard InChI is InChI=1S/C16H12N4/c1-2-6-15-13(5-1)16(20-19-15)18-12-7-8-14-11(10-12)4-3-9-17-14/h1-10H,(H2,18,19,20). The van der Waals surface area contributed by atoms with E-state index < -0.39 is 0 Å². The SMILES string of the molecule is c1cnc2ccc(Nc3n[nH]c4ccccc34)cc2c1. The molecule has 4 heteroatoms. The lowest BCUT2D eigenvalue weighted by atomic mass is 10.2. The van der Waals surface area contributed by atoms with E-state index in [-0.39, 0.29) is 0 Å². The van der Waals surface area contributed by atoms with Gasteiger partial charge in [-0.2, -0.15) is 5.10 Å². The van der Waals surface area contributed by atoms with Crippen molar-refractivity contribution >= 4 is 33.3 Å². The van der Waals surface area contributed by atoms with E-state index in [0.717, 1.165) is 33.3 Å². The third kappa shape index (κ3) is 1.78. The van der Waals surface area contributed by atoms with Gasteiger partial charge >= 0.3 is 0 Å². The summed E-state index contributed by atoms with van der Waals surface area (Å²) in [4.78, 5) is 4.32. The first-order chi connectivity index (χ1) is 9.90. The van der Waals surface area contributed by atoms with Gasteiger partial charge in [-0.25, -0.2) is 0 Å². The second-order valence-electron chi connectivity index (χ2n) is 4.65. The number of nitrogens with one attached hydrogen (secondary N) is 2. The van der Waals surface area contributed by atoms with Crippen LogP contribution in [0, 0.1) is 0 Å². The Morgan fingerprint density at radius 1 is 0.950 bits per heavy atom. The van der Waals surface area contributed by atoms with Gasteiger partial charge in [0.25, 0.3) is 0 Å². The lowest BCUT2D eigenvalue weighted by Gasteiger charge is -2.05. The number of H-pyrrole nitrogens is 1. The molecule has 0 fully saturated rings. The van der Waals surface area contributed by atoms with Crippen LogP contribution in [0.3, 0.4) is 0 Å². The number of para-hydroxylation sites is 1. The molecule has 0 aliphatic heterocycles. The van der Waals surface area contributed by atoms with Gasteiger partial charge in [-0.1, -0.05) is 18.2 Å². The highest BCUT2D eigenvalue weighted by molar-refractivity contribution is 5.92. The first kappa shape index (κ1) is 11.0. The van der Waals surface area contributed by atoms with E-state index in [1.165, 1.54) is 0 Å². The summed E-state index contributed by atoms with van der Waals surface area (Å²) in [6.45, 7) is 0. The van der Waals surface area contributed by atoms with Gasteiger partial charge in [0.05, 0.1) is 11.0 Å². The summed E-state index contributed by atoms with van der Waals surface area (Å²) in [5.41, 5.74) is 3.02. The van der Waals surface area contributed by atoms with E-state index in [2.05, 4.69) is 32.6 Å². The monoisotopic (exact) mass is 260 g/mol. The van der Waals surface area contributed by atoms with Crippen LogP contribution >= 0.6 is 0 Å². The highest BCUT2D eigenvalue weighted by atomic mass is 15.2. The van der Waals surface area contributed by atoms with Crippen LogP contribution in [-0.4, -0.2) is 15.2 Å². The van der Waals surface area contributed by atoms with Gasteiger partial charge in [0.2, 0.25) is 0 Å². The number of aromatic nitrogens is 3. The van der Waals surface area contributed by atoms with E-state index in [4.69, 9.17) is 0 Å². The Morgan fingerprint density at radius 2 is 1.90 bits per heavy atom. The predicted octanol–water partition coefficient (Wildman–Crippen LogP) is 3.85. The summed E-state index contributed by atoms with van der Waals surface area (Å²) in [6, 6.07) is 18.1. The first-order valence-corrected chi connectivity index (χ1v) is 6.45. The summed E-state index contributed by atoms with van der Waals surface area (Å²) < 4.78 is 0. The second kappa shape index (κ2) is 4.35. The van der Waals surface area contributed by atoms with Crippen molar-refractivity contribution < 1.29 is 0 Å². The van der Waals surface area contributed by atoms with Crippen LogP contribution in [-0.2, 0) is 0 Å². The molecule has 0 aliphatic carbocycles. The average Bonchev–Trinajstić information content (AvgIpc) is 2.91. The molecule has 4 rings (SSSR count). The van der Waals surface area contributed by atoms with E-state index in [9.17, 15) is 0 Å².